The van der Waals surface area contributed by atoms with Gasteiger partial charge in [-0.1, -0.05) is 12.1 Å². The van der Waals surface area contributed by atoms with Crippen LogP contribution in [0.1, 0.15) is 30.5 Å². The van der Waals surface area contributed by atoms with Gasteiger partial charge in [0.15, 0.2) is 0 Å². The average molecular weight is 254 g/mol. The Morgan fingerprint density at radius 3 is 2.84 bits per heavy atom. The van der Waals surface area contributed by atoms with E-state index < -0.39 is 0 Å². The van der Waals surface area contributed by atoms with Crippen molar-refractivity contribution in [2.75, 3.05) is 0 Å². The van der Waals surface area contributed by atoms with E-state index in [2.05, 4.69) is 42.3 Å². The molecule has 0 fully saturated rings. The predicted molar refractivity (Wildman–Crippen MR) is 75.5 cm³/mol. The number of nitrogens with one attached hydrogen (secondary N) is 1. The zero-order chi connectivity index (χ0) is 13.5. The van der Waals surface area contributed by atoms with Crippen molar-refractivity contribution in [3.8, 4) is 11.1 Å². The summed E-state index contributed by atoms with van der Waals surface area (Å²) in [6.07, 6.45) is 3.54. The minimum absolute atomic E-state index is 0.0212. The number of aliphatic hydroxyl groups is 1. The molecule has 0 bridgehead atoms. The van der Waals surface area contributed by atoms with Crippen LogP contribution in [0.4, 0.5) is 0 Å². The molecule has 0 amide bonds. The highest BCUT2D eigenvalue weighted by Gasteiger charge is 2.28. The average Bonchev–Trinajstić information content (AvgIpc) is 2.74. The van der Waals surface area contributed by atoms with E-state index in [-0.39, 0.29) is 12.1 Å². The lowest BCUT2D eigenvalue weighted by Gasteiger charge is -2.20. The maximum atomic E-state index is 9.20. The Morgan fingerprint density at radius 2 is 2.05 bits per heavy atom. The van der Waals surface area contributed by atoms with Gasteiger partial charge in [0.25, 0.3) is 0 Å². The van der Waals surface area contributed by atoms with Crippen molar-refractivity contribution >= 4 is 0 Å². The van der Waals surface area contributed by atoms with Gasteiger partial charge in [0.05, 0.1) is 6.61 Å². The number of aliphatic hydroxyl groups excluding tert-OH is 1. The highest BCUT2D eigenvalue weighted by molar-refractivity contribution is 5.65. The summed E-state index contributed by atoms with van der Waals surface area (Å²) in [4.78, 5) is 4.19. The first kappa shape index (κ1) is 12.3. The van der Waals surface area contributed by atoms with Crippen molar-refractivity contribution < 1.29 is 5.11 Å². The largest absolute Gasteiger partial charge is 0.392 e. The van der Waals surface area contributed by atoms with Crippen molar-refractivity contribution in [1.29, 1.82) is 0 Å². The summed E-state index contributed by atoms with van der Waals surface area (Å²) < 4.78 is 0. The van der Waals surface area contributed by atoms with Crippen LogP contribution >= 0.6 is 0 Å². The third-order valence-electron chi connectivity index (χ3n) is 3.81. The van der Waals surface area contributed by atoms with E-state index in [1.807, 2.05) is 12.3 Å². The quantitative estimate of drug-likeness (QED) is 0.865. The highest BCUT2D eigenvalue weighted by Crippen LogP contribution is 2.33. The van der Waals surface area contributed by atoms with Gasteiger partial charge in [-0.15, -0.1) is 0 Å². The molecule has 0 spiro atoms. The van der Waals surface area contributed by atoms with Gasteiger partial charge >= 0.3 is 0 Å². The maximum Gasteiger partial charge on any atom is 0.0697 e. The Kier molecular flexibility index (Phi) is 2.88. The standard InChI is InChI=1S/C16H18N2O/c1-16(2)15-6-12(3-4-13(15)9-18-16)14-5-11(10-19)7-17-8-14/h3-8,18-19H,9-10H2,1-2H3. The lowest BCUT2D eigenvalue weighted by Crippen LogP contribution is -2.28. The summed E-state index contributed by atoms with van der Waals surface area (Å²) in [6.45, 7) is 5.35. The first-order valence-electron chi connectivity index (χ1n) is 6.54. The van der Waals surface area contributed by atoms with E-state index in [0.29, 0.717) is 0 Å². The summed E-state index contributed by atoms with van der Waals surface area (Å²) in [6, 6.07) is 8.52. The number of pyridine rings is 1. The van der Waals surface area contributed by atoms with E-state index in [1.54, 1.807) is 6.20 Å². The summed E-state index contributed by atoms with van der Waals surface area (Å²) in [7, 11) is 0. The third-order valence-corrected chi connectivity index (χ3v) is 3.81. The normalized spacial score (nSPS) is 16.4. The molecule has 3 rings (SSSR count). The molecule has 0 saturated carbocycles. The molecule has 1 aromatic carbocycles. The Balaban J connectivity index is 2.07. The molecule has 0 aliphatic carbocycles. The Morgan fingerprint density at radius 1 is 1.21 bits per heavy atom. The molecule has 1 aliphatic rings. The summed E-state index contributed by atoms with van der Waals surface area (Å²) in [5.41, 5.74) is 5.78. The molecule has 0 radical (unpaired) electrons. The number of benzene rings is 1. The van der Waals surface area contributed by atoms with E-state index in [1.165, 1.54) is 11.1 Å². The monoisotopic (exact) mass is 254 g/mol. The Bertz CT molecular complexity index is 620. The molecule has 2 heterocycles. The lowest BCUT2D eigenvalue weighted by molar-refractivity contribution is 0.281. The van der Waals surface area contributed by atoms with Crippen LogP contribution in [0.5, 0.6) is 0 Å². The molecule has 3 heteroatoms. The van der Waals surface area contributed by atoms with Gasteiger partial charge in [-0.05, 0) is 48.2 Å². The van der Waals surface area contributed by atoms with Crippen LogP contribution < -0.4 is 5.32 Å². The fourth-order valence-corrected chi connectivity index (χ4v) is 2.64. The molecule has 19 heavy (non-hydrogen) atoms. The van der Waals surface area contributed by atoms with Gasteiger partial charge in [-0.3, -0.25) is 4.98 Å². The second-order valence-corrected chi connectivity index (χ2v) is 5.59. The van der Waals surface area contributed by atoms with Gasteiger partial charge in [-0.25, -0.2) is 0 Å². The van der Waals surface area contributed by atoms with Crippen LogP contribution in [0.15, 0.2) is 36.7 Å². The zero-order valence-electron chi connectivity index (χ0n) is 11.3. The molecule has 98 valence electrons. The molecule has 1 aliphatic heterocycles. The number of nitrogens with zero attached hydrogens (tertiary/aromatic N) is 1. The minimum Gasteiger partial charge on any atom is -0.392 e. The van der Waals surface area contributed by atoms with E-state index in [0.717, 1.165) is 23.2 Å². The van der Waals surface area contributed by atoms with Crippen LogP contribution in [-0.4, -0.2) is 10.1 Å². The van der Waals surface area contributed by atoms with Gasteiger partial charge in [0.1, 0.15) is 0 Å². The van der Waals surface area contributed by atoms with E-state index in [4.69, 9.17) is 0 Å². The van der Waals surface area contributed by atoms with Crippen LogP contribution in [0, 0.1) is 0 Å². The number of rotatable bonds is 2. The number of aromatic nitrogens is 1. The van der Waals surface area contributed by atoms with E-state index >= 15 is 0 Å². The van der Waals surface area contributed by atoms with Crippen LogP contribution in [0.3, 0.4) is 0 Å². The molecular formula is C16H18N2O. The SMILES string of the molecule is CC1(C)NCc2ccc(-c3cncc(CO)c3)cc21. The summed E-state index contributed by atoms with van der Waals surface area (Å²) in [5, 5.41) is 12.7. The van der Waals surface area contributed by atoms with Crippen LogP contribution in [-0.2, 0) is 18.7 Å². The van der Waals surface area contributed by atoms with Crippen molar-refractivity contribution in [2.45, 2.75) is 32.5 Å². The molecule has 1 aromatic heterocycles. The summed E-state index contributed by atoms with van der Waals surface area (Å²) in [5.74, 6) is 0. The number of hydrogen-bond donors (Lipinski definition) is 2. The van der Waals surface area contributed by atoms with Crippen molar-refractivity contribution in [3.05, 3.63) is 53.3 Å². The van der Waals surface area contributed by atoms with Gasteiger partial charge in [0, 0.05) is 30.0 Å². The van der Waals surface area contributed by atoms with Crippen LogP contribution in [0.2, 0.25) is 0 Å². The smallest absolute Gasteiger partial charge is 0.0697 e. The van der Waals surface area contributed by atoms with Crippen LogP contribution in [0.25, 0.3) is 11.1 Å². The topological polar surface area (TPSA) is 45.2 Å². The van der Waals surface area contributed by atoms with E-state index in [9.17, 15) is 5.11 Å². The van der Waals surface area contributed by atoms with Crippen molar-refractivity contribution in [2.24, 2.45) is 0 Å². The first-order valence-corrected chi connectivity index (χ1v) is 6.54. The molecule has 3 nitrogen and oxygen atoms in total. The summed E-state index contributed by atoms with van der Waals surface area (Å²) >= 11 is 0. The second-order valence-electron chi connectivity index (χ2n) is 5.59. The van der Waals surface area contributed by atoms with Gasteiger partial charge in [-0.2, -0.15) is 0 Å². The molecule has 0 unspecified atom stereocenters. The first-order chi connectivity index (χ1) is 9.10. The lowest BCUT2D eigenvalue weighted by atomic mass is 9.91. The minimum atomic E-state index is 0.0212. The molecule has 2 aromatic rings. The second kappa shape index (κ2) is 4.44. The Labute approximate surface area is 113 Å². The highest BCUT2D eigenvalue weighted by atomic mass is 16.3. The van der Waals surface area contributed by atoms with Gasteiger partial charge < -0.3 is 10.4 Å². The molecule has 2 N–H and O–H groups in total. The fourth-order valence-electron chi connectivity index (χ4n) is 2.64. The van der Waals surface area contributed by atoms with Gasteiger partial charge in [0.2, 0.25) is 0 Å². The zero-order valence-corrected chi connectivity index (χ0v) is 11.3. The fraction of sp³-hybridized carbons (Fsp3) is 0.312. The third kappa shape index (κ3) is 2.15. The number of fused-ring (bicyclic) bond motifs is 1. The maximum absolute atomic E-state index is 9.20. The molecule has 0 saturated heterocycles. The Hall–Kier alpha value is -1.71. The molecule has 0 atom stereocenters. The number of hydrogen-bond acceptors (Lipinski definition) is 3. The van der Waals surface area contributed by atoms with Crippen molar-refractivity contribution in [3.63, 3.8) is 0 Å². The predicted octanol–water partition coefficient (Wildman–Crippen LogP) is 2.58. The molecular weight excluding hydrogens is 236 g/mol. The van der Waals surface area contributed by atoms with Crippen molar-refractivity contribution in [1.82, 2.24) is 10.3 Å².